The van der Waals surface area contributed by atoms with E-state index < -0.39 is 6.04 Å². The molecule has 0 radical (unpaired) electrons. The van der Waals surface area contributed by atoms with Crippen molar-refractivity contribution in [3.63, 3.8) is 0 Å². The van der Waals surface area contributed by atoms with Gasteiger partial charge in [-0.25, -0.2) is 0 Å². The number of amides is 2. The second-order valence-electron chi connectivity index (χ2n) is 8.52. The molecule has 1 aliphatic rings. The Kier molecular flexibility index (Phi) is 7.03. The van der Waals surface area contributed by atoms with E-state index in [0.29, 0.717) is 24.5 Å². The fourth-order valence-electron chi connectivity index (χ4n) is 4.45. The van der Waals surface area contributed by atoms with Gasteiger partial charge in [-0.15, -0.1) is 0 Å². The number of carbonyl (C=O) groups excluding carboxylic acids is 2. The molecule has 2 aromatic rings. The normalized spacial score (nSPS) is 17.1. The van der Waals surface area contributed by atoms with Crippen LogP contribution in [0.1, 0.15) is 67.0 Å². The largest absolute Gasteiger partial charge is 0.493 e. The van der Waals surface area contributed by atoms with Gasteiger partial charge in [0.1, 0.15) is 11.8 Å². The van der Waals surface area contributed by atoms with Crippen molar-refractivity contribution >= 4 is 11.8 Å². The number of likely N-dealkylation sites (tertiary alicyclic amines) is 1. The predicted molar refractivity (Wildman–Crippen MR) is 120 cm³/mol. The van der Waals surface area contributed by atoms with Gasteiger partial charge in [0.25, 0.3) is 5.91 Å². The molecule has 0 saturated carbocycles. The highest BCUT2D eigenvalue weighted by molar-refractivity contribution is 5.99. The second-order valence-corrected chi connectivity index (χ2v) is 8.52. The average molecular weight is 427 g/mol. The van der Waals surface area contributed by atoms with Gasteiger partial charge in [-0.2, -0.15) is 5.10 Å². The minimum atomic E-state index is -0.611. The first-order valence-corrected chi connectivity index (χ1v) is 11.1. The van der Waals surface area contributed by atoms with Crippen LogP contribution in [0.25, 0.3) is 0 Å². The summed E-state index contributed by atoms with van der Waals surface area (Å²) < 4.78 is 7.47. The van der Waals surface area contributed by atoms with Crippen molar-refractivity contribution in [3.05, 3.63) is 46.8 Å². The summed E-state index contributed by atoms with van der Waals surface area (Å²) in [6.45, 7) is 11.0. The van der Waals surface area contributed by atoms with E-state index in [0.717, 1.165) is 29.8 Å². The van der Waals surface area contributed by atoms with Gasteiger partial charge >= 0.3 is 0 Å². The molecular weight excluding hydrogens is 392 g/mol. The first-order valence-electron chi connectivity index (χ1n) is 11.1. The van der Waals surface area contributed by atoms with Crippen molar-refractivity contribution in [2.75, 3.05) is 13.2 Å². The monoisotopic (exact) mass is 426 g/mol. The zero-order valence-corrected chi connectivity index (χ0v) is 19.4. The van der Waals surface area contributed by atoms with Gasteiger partial charge in [0.15, 0.2) is 0 Å². The van der Waals surface area contributed by atoms with Gasteiger partial charge in [0.2, 0.25) is 5.91 Å². The summed E-state index contributed by atoms with van der Waals surface area (Å²) in [6.07, 6.45) is 1.85. The molecule has 1 N–H and O–H groups in total. The van der Waals surface area contributed by atoms with E-state index in [1.807, 2.05) is 57.3 Å². The molecule has 2 heterocycles. The molecule has 7 nitrogen and oxygen atoms in total. The number of hydrogen-bond donors (Lipinski definition) is 1. The van der Waals surface area contributed by atoms with Crippen LogP contribution >= 0.6 is 0 Å². The number of para-hydroxylation sites is 1. The Morgan fingerprint density at radius 1 is 1.26 bits per heavy atom. The molecular formula is C24H34N4O3. The molecule has 2 unspecified atom stereocenters. The molecule has 1 aliphatic heterocycles. The zero-order chi connectivity index (χ0) is 22.7. The van der Waals surface area contributed by atoms with Crippen molar-refractivity contribution < 1.29 is 14.3 Å². The lowest BCUT2D eigenvalue weighted by molar-refractivity contribution is -0.135. The molecule has 7 heteroatoms. The maximum absolute atomic E-state index is 13.6. The number of nitrogens with one attached hydrogen (secondary N) is 1. The number of hydrogen-bond acceptors (Lipinski definition) is 4. The van der Waals surface area contributed by atoms with E-state index in [2.05, 4.69) is 10.4 Å². The van der Waals surface area contributed by atoms with Crippen LogP contribution in [0.3, 0.4) is 0 Å². The van der Waals surface area contributed by atoms with Crippen molar-refractivity contribution in [2.24, 2.45) is 13.0 Å². The molecule has 0 aliphatic carbocycles. The van der Waals surface area contributed by atoms with Crippen LogP contribution in [0.4, 0.5) is 0 Å². The van der Waals surface area contributed by atoms with Crippen LogP contribution in [0, 0.1) is 19.8 Å². The van der Waals surface area contributed by atoms with Crippen molar-refractivity contribution in [1.82, 2.24) is 20.0 Å². The number of aryl methyl sites for hydroxylation is 2. The lowest BCUT2D eigenvalue weighted by Gasteiger charge is -2.31. The Morgan fingerprint density at radius 2 is 1.97 bits per heavy atom. The van der Waals surface area contributed by atoms with Crippen LogP contribution < -0.4 is 10.1 Å². The molecule has 0 bridgehead atoms. The molecule has 0 spiro atoms. The first kappa shape index (κ1) is 22.8. The van der Waals surface area contributed by atoms with Gasteiger partial charge in [-0.05, 0) is 51.7 Å². The highest BCUT2D eigenvalue weighted by atomic mass is 16.5. The van der Waals surface area contributed by atoms with Crippen LogP contribution in [0.2, 0.25) is 0 Å². The Bertz CT molecular complexity index is 950. The summed E-state index contributed by atoms with van der Waals surface area (Å²) in [5.41, 5.74) is 3.61. The molecule has 3 rings (SSSR count). The number of nitrogens with zero attached hydrogens (tertiary/aromatic N) is 3. The summed E-state index contributed by atoms with van der Waals surface area (Å²) in [5, 5.41) is 7.52. The van der Waals surface area contributed by atoms with Crippen LogP contribution in [0.5, 0.6) is 5.75 Å². The van der Waals surface area contributed by atoms with E-state index in [1.165, 1.54) is 0 Å². The predicted octanol–water partition coefficient (Wildman–Crippen LogP) is 3.55. The SMILES string of the molecule is CCOc1ccccc1C(=O)NC(C(=O)N1CCCC1c1c(C)nn(C)c1C)C(C)C. The lowest BCUT2D eigenvalue weighted by atomic mass is 9.98. The van der Waals surface area contributed by atoms with Crippen molar-refractivity contribution in [3.8, 4) is 5.75 Å². The zero-order valence-electron chi connectivity index (χ0n) is 19.4. The molecule has 168 valence electrons. The Hall–Kier alpha value is -2.83. The number of ether oxygens (including phenoxy) is 1. The molecule has 2 atom stereocenters. The maximum Gasteiger partial charge on any atom is 0.255 e. The first-order chi connectivity index (χ1) is 14.8. The van der Waals surface area contributed by atoms with Gasteiger partial charge in [-0.1, -0.05) is 26.0 Å². The van der Waals surface area contributed by atoms with E-state index in [9.17, 15) is 9.59 Å². The Balaban J connectivity index is 1.84. The van der Waals surface area contributed by atoms with Gasteiger partial charge in [0.05, 0.1) is 23.9 Å². The summed E-state index contributed by atoms with van der Waals surface area (Å²) >= 11 is 0. The lowest BCUT2D eigenvalue weighted by Crippen LogP contribution is -2.51. The summed E-state index contributed by atoms with van der Waals surface area (Å²) in [7, 11) is 1.93. The number of benzene rings is 1. The molecule has 1 fully saturated rings. The third-order valence-electron chi connectivity index (χ3n) is 6.08. The molecule has 1 aromatic heterocycles. The van der Waals surface area contributed by atoms with Crippen LogP contribution in [-0.2, 0) is 11.8 Å². The van der Waals surface area contributed by atoms with E-state index in [4.69, 9.17) is 4.74 Å². The molecule has 1 saturated heterocycles. The van der Waals surface area contributed by atoms with Crippen molar-refractivity contribution in [1.29, 1.82) is 0 Å². The minimum absolute atomic E-state index is 0.00457. The van der Waals surface area contributed by atoms with Gasteiger partial charge in [-0.3, -0.25) is 14.3 Å². The third-order valence-corrected chi connectivity index (χ3v) is 6.08. The quantitative estimate of drug-likeness (QED) is 0.735. The van der Waals surface area contributed by atoms with Gasteiger partial charge < -0.3 is 15.0 Å². The smallest absolute Gasteiger partial charge is 0.255 e. The summed E-state index contributed by atoms with van der Waals surface area (Å²) in [6, 6.07) is 6.52. The van der Waals surface area contributed by atoms with Crippen molar-refractivity contribution in [2.45, 2.75) is 59.5 Å². The minimum Gasteiger partial charge on any atom is -0.493 e. The molecule has 2 amide bonds. The second kappa shape index (κ2) is 9.54. The van der Waals surface area contributed by atoms with E-state index >= 15 is 0 Å². The van der Waals surface area contributed by atoms with Crippen LogP contribution in [0.15, 0.2) is 24.3 Å². The maximum atomic E-state index is 13.6. The highest BCUT2D eigenvalue weighted by Crippen LogP contribution is 2.36. The topological polar surface area (TPSA) is 76.5 Å². The Morgan fingerprint density at radius 3 is 2.58 bits per heavy atom. The van der Waals surface area contributed by atoms with Gasteiger partial charge in [0, 0.05) is 24.8 Å². The average Bonchev–Trinajstić information content (AvgIpc) is 3.30. The summed E-state index contributed by atoms with van der Waals surface area (Å²) in [4.78, 5) is 28.6. The Labute approximate surface area is 184 Å². The fourth-order valence-corrected chi connectivity index (χ4v) is 4.45. The fraction of sp³-hybridized carbons (Fsp3) is 0.542. The molecule has 1 aromatic carbocycles. The highest BCUT2D eigenvalue weighted by Gasteiger charge is 2.38. The number of aromatic nitrogens is 2. The number of rotatable bonds is 7. The molecule has 31 heavy (non-hydrogen) atoms. The third kappa shape index (κ3) is 4.60. The van der Waals surface area contributed by atoms with E-state index in [-0.39, 0.29) is 23.8 Å². The van der Waals surface area contributed by atoms with E-state index in [1.54, 1.807) is 18.2 Å². The number of carbonyl (C=O) groups is 2. The van der Waals surface area contributed by atoms with Crippen LogP contribution in [-0.4, -0.2) is 45.7 Å². The standard InChI is InChI=1S/C24H34N4O3/c1-7-31-20-13-9-8-11-18(20)23(29)25-22(15(2)3)24(30)28-14-10-12-19(28)21-16(4)26-27(6)17(21)5/h8-9,11,13,15,19,22H,7,10,12,14H2,1-6H3,(H,25,29). The summed E-state index contributed by atoms with van der Waals surface area (Å²) in [5.74, 6) is 0.147.